The highest BCUT2D eigenvalue weighted by Gasteiger charge is 2.20. The molecule has 0 aromatic carbocycles. The second-order valence-corrected chi connectivity index (χ2v) is 23.9. The number of esters is 1. The van der Waals surface area contributed by atoms with E-state index in [1.54, 1.807) is 0 Å². The number of rotatable bonds is 65. The van der Waals surface area contributed by atoms with E-state index in [1.807, 2.05) is 0 Å². The number of unbranched alkanes of at least 4 members (excludes halogenated alkanes) is 50. The molecule has 76 heavy (non-hydrogen) atoms. The van der Waals surface area contributed by atoms with E-state index >= 15 is 0 Å². The van der Waals surface area contributed by atoms with Crippen LogP contribution >= 0.6 is 0 Å². The van der Waals surface area contributed by atoms with Crippen LogP contribution < -0.4 is 5.32 Å². The zero-order valence-electron chi connectivity index (χ0n) is 51.5. The quantitative estimate of drug-likeness (QED) is 0.0320. The zero-order chi connectivity index (χ0) is 55.0. The zero-order valence-corrected chi connectivity index (χ0v) is 51.5. The minimum absolute atomic E-state index is 0.00646. The summed E-state index contributed by atoms with van der Waals surface area (Å²) in [6, 6.07) is -0.542. The molecular weight excluding hydrogens is 935 g/mol. The van der Waals surface area contributed by atoms with Crippen LogP contribution in [0.4, 0.5) is 0 Å². The lowest BCUT2D eigenvalue weighted by molar-refractivity contribution is -0.143. The van der Waals surface area contributed by atoms with Gasteiger partial charge in [0.05, 0.1) is 25.4 Å². The van der Waals surface area contributed by atoms with Gasteiger partial charge in [-0.2, -0.15) is 0 Å². The fraction of sp³-hybridized carbons (Fsp3) is 0.914. The van der Waals surface area contributed by atoms with E-state index in [0.29, 0.717) is 25.9 Å². The Morgan fingerprint density at radius 2 is 0.618 bits per heavy atom. The third kappa shape index (κ3) is 61.6. The molecule has 0 spiro atoms. The maximum absolute atomic E-state index is 12.5. The SMILES string of the molecule is CCCCCC/C=C\CCCCCCCC(=O)OCCCCCCCCCCCCCC/C=C\CCCCCCCCCCCCCC(=O)NC(CO)C(O)CCCCCCCCCCCCCCCCCCCCC. The molecule has 0 radical (unpaired) electrons. The number of aliphatic hydroxyl groups is 2. The Balaban J connectivity index is 3.39. The highest BCUT2D eigenvalue weighted by Crippen LogP contribution is 2.19. The molecule has 0 fully saturated rings. The normalized spacial score (nSPS) is 12.6. The summed E-state index contributed by atoms with van der Waals surface area (Å²) in [6.45, 7) is 4.97. The largest absolute Gasteiger partial charge is 0.466 e. The molecular formula is C70H135NO5. The molecule has 1 amide bonds. The van der Waals surface area contributed by atoms with Crippen LogP contribution in [0.15, 0.2) is 24.3 Å². The van der Waals surface area contributed by atoms with Gasteiger partial charge < -0.3 is 20.3 Å². The van der Waals surface area contributed by atoms with Crippen molar-refractivity contribution < 1.29 is 24.5 Å². The molecule has 0 rings (SSSR count). The van der Waals surface area contributed by atoms with Crippen LogP contribution in [0.25, 0.3) is 0 Å². The predicted molar refractivity (Wildman–Crippen MR) is 333 cm³/mol. The average molecular weight is 1070 g/mol. The van der Waals surface area contributed by atoms with Crippen LogP contribution in [-0.2, 0) is 14.3 Å². The lowest BCUT2D eigenvalue weighted by Gasteiger charge is -2.22. The Hall–Kier alpha value is -1.66. The van der Waals surface area contributed by atoms with E-state index < -0.39 is 12.1 Å². The number of nitrogens with one attached hydrogen (secondary N) is 1. The molecule has 6 heteroatoms. The maximum Gasteiger partial charge on any atom is 0.305 e. The van der Waals surface area contributed by atoms with Crippen molar-refractivity contribution in [2.75, 3.05) is 13.2 Å². The second kappa shape index (κ2) is 65.9. The highest BCUT2D eigenvalue weighted by molar-refractivity contribution is 5.76. The van der Waals surface area contributed by atoms with Gasteiger partial charge in [-0.1, -0.05) is 321 Å². The number of aliphatic hydroxyl groups excluding tert-OH is 2. The Morgan fingerprint density at radius 3 is 0.947 bits per heavy atom. The highest BCUT2D eigenvalue weighted by atomic mass is 16.5. The monoisotopic (exact) mass is 1070 g/mol. The molecule has 3 N–H and O–H groups in total. The van der Waals surface area contributed by atoms with Crippen LogP contribution in [0.1, 0.15) is 386 Å². The molecule has 0 saturated carbocycles. The smallest absolute Gasteiger partial charge is 0.305 e. The van der Waals surface area contributed by atoms with Crippen molar-refractivity contribution >= 4 is 11.9 Å². The number of allylic oxidation sites excluding steroid dienone is 4. The Labute approximate surface area is 475 Å². The molecule has 2 atom stereocenters. The van der Waals surface area contributed by atoms with Gasteiger partial charge in [0, 0.05) is 12.8 Å². The third-order valence-electron chi connectivity index (χ3n) is 16.2. The van der Waals surface area contributed by atoms with Crippen molar-refractivity contribution in [2.45, 2.75) is 398 Å². The average Bonchev–Trinajstić information content (AvgIpc) is 3.42. The summed E-state index contributed by atoms with van der Waals surface area (Å²) in [5.41, 5.74) is 0. The van der Waals surface area contributed by atoms with E-state index in [2.05, 4.69) is 43.5 Å². The number of hydrogen-bond acceptors (Lipinski definition) is 5. The molecule has 0 bridgehead atoms. The van der Waals surface area contributed by atoms with E-state index in [1.165, 1.54) is 308 Å². The molecule has 0 aliphatic carbocycles. The summed E-state index contributed by atoms with van der Waals surface area (Å²) in [4.78, 5) is 24.6. The van der Waals surface area contributed by atoms with Crippen LogP contribution in [0.5, 0.6) is 0 Å². The predicted octanol–water partition coefficient (Wildman–Crippen LogP) is 22.1. The number of amides is 1. The summed E-state index contributed by atoms with van der Waals surface area (Å²) in [7, 11) is 0. The first-order valence-electron chi connectivity index (χ1n) is 34.6. The summed E-state index contributed by atoms with van der Waals surface area (Å²) >= 11 is 0. The maximum atomic E-state index is 12.5. The molecule has 0 saturated heterocycles. The van der Waals surface area contributed by atoms with Gasteiger partial charge in [0.2, 0.25) is 5.91 Å². The number of ether oxygens (including phenoxy) is 1. The van der Waals surface area contributed by atoms with Crippen LogP contribution in [0.2, 0.25) is 0 Å². The molecule has 0 aromatic rings. The minimum atomic E-state index is -0.665. The molecule has 0 heterocycles. The lowest BCUT2D eigenvalue weighted by atomic mass is 10.0. The molecule has 0 aromatic heterocycles. The van der Waals surface area contributed by atoms with E-state index in [0.717, 1.165) is 44.9 Å². The van der Waals surface area contributed by atoms with Crippen molar-refractivity contribution in [1.82, 2.24) is 5.32 Å². The summed E-state index contributed by atoms with van der Waals surface area (Å²) in [5.74, 6) is -0.0255. The summed E-state index contributed by atoms with van der Waals surface area (Å²) in [5, 5.41) is 23.4. The van der Waals surface area contributed by atoms with Crippen LogP contribution in [0.3, 0.4) is 0 Å². The van der Waals surface area contributed by atoms with Gasteiger partial charge in [0.15, 0.2) is 0 Å². The van der Waals surface area contributed by atoms with Crippen molar-refractivity contribution in [3.8, 4) is 0 Å². The first kappa shape index (κ1) is 74.3. The van der Waals surface area contributed by atoms with Gasteiger partial charge in [-0.3, -0.25) is 9.59 Å². The van der Waals surface area contributed by atoms with Gasteiger partial charge in [-0.15, -0.1) is 0 Å². The van der Waals surface area contributed by atoms with Gasteiger partial charge >= 0.3 is 5.97 Å². The summed E-state index contributed by atoms with van der Waals surface area (Å²) < 4.78 is 5.48. The topological polar surface area (TPSA) is 95.9 Å². The van der Waals surface area contributed by atoms with Crippen molar-refractivity contribution in [2.24, 2.45) is 0 Å². The van der Waals surface area contributed by atoms with Gasteiger partial charge in [-0.05, 0) is 77.0 Å². The molecule has 0 aliphatic heterocycles. The van der Waals surface area contributed by atoms with E-state index in [-0.39, 0.29) is 18.5 Å². The van der Waals surface area contributed by atoms with Gasteiger partial charge in [-0.25, -0.2) is 0 Å². The van der Waals surface area contributed by atoms with Crippen molar-refractivity contribution in [3.63, 3.8) is 0 Å². The van der Waals surface area contributed by atoms with Gasteiger partial charge in [0.25, 0.3) is 0 Å². The summed E-state index contributed by atoms with van der Waals surface area (Å²) in [6.07, 6.45) is 82.2. The number of carbonyl (C=O) groups is 2. The first-order chi connectivity index (χ1) is 37.5. The molecule has 450 valence electrons. The van der Waals surface area contributed by atoms with Crippen LogP contribution in [-0.4, -0.2) is 47.4 Å². The lowest BCUT2D eigenvalue weighted by Crippen LogP contribution is -2.45. The van der Waals surface area contributed by atoms with Crippen LogP contribution in [0, 0.1) is 0 Å². The van der Waals surface area contributed by atoms with Gasteiger partial charge in [0.1, 0.15) is 0 Å². The Kier molecular flexibility index (Phi) is 64.4. The Morgan fingerprint density at radius 1 is 0.355 bits per heavy atom. The third-order valence-corrected chi connectivity index (χ3v) is 16.2. The molecule has 2 unspecified atom stereocenters. The number of carbonyl (C=O) groups excluding carboxylic acids is 2. The van der Waals surface area contributed by atoms with Crippen molar-refractivity contribution in [1.29, 1.82) is 0 Å². The second-order valence-electron chi connectivity index (χ2n) is 23.9. The standard InChI is InChI=1S/C70H135NO5/c1-3-5-7-9-11-13-15-17-18-19-29-32-35-39-42-46-50-54-58-62-68(73)67(66-72)71-69(74)63-59-55-51-47-43-40-36-33-30-27-25-23-21-20-22-24-26-28-31-34-37-41-45-49-53-57-61-65-76-70(75)64-60-56-52-48-44-38-16-14-12-10-8-6-4-2/h14,16,20-21,67-68,72-73H,3-13,15,17-19,22-66H2,1-2H3,(H,71,74)/b16-14-,21-20-. The number of hydrogen-bond donors (Lipinski definition) is 3. The van der Waals surface area contributed by atoms with Crippen molar-refractivity contribution in [3.05, 3.63) is 24.3 Å². The fourth-order valence-corrected chi connectivity index (χ4v) is 10.9. The van der Waals surface area contributed by atoms with E-state index in [9.17, 15) is 19.8 Å². The molecule has 0 aliphatic rings. The Bertz CT molecular complexity index is 1190. The minimum Gasteiger partial charge on any atom is -0.466 e. The molecule has 6 nitrogen and oxygen atoms in total. The van der Waals surface area contributed by atoms with E-state index in [4.69, 9.17) is 4.74 Å². The fourth-order valence-electron chi connectivity index (χ4n) is 10.9. The first-order valence-corrected chi connectivity index (χ1v) is 34.6.